The van der Waals surface area contributed by atoms with Gasteiger partial charge in [0.05, 0.1) is 18.9 Å². The Bertz CT molecular complexity index is 520. The first-order valence-corrected chi connectivity index (χ1v) is 6.94. The van der Waals surface area contributed by atoms with E-state index in [1.54, 1.807) is 13.8 Å². The van der Waals surface area contributed by atoms with Crippen LogP contribution in [-0.4, -0.2) is 52.8 Å². The minimum absolute atomic E-state index is 0.0408. The molecule has 1 aliphatic heterocycles. The van der Waals surface area contributed by atoms with Gasteiger partial charge >= 0.3 is 5.97 Å². The first kappa shape index (κ1) is 15.5. The lowest BCUT2D eigenvalue weighted by atomic mass is 9.97. The number of carboxylic acid groups (broad SMARTS) is 1. The molecule has 21 heavy (non-hydrogen) atoms. The van der Waals surface area contributed by atoms with Crippen LogP contribution in [0.2, 0.25) is 0 Å². The summed E-state index contributed by atoms with van der Waals surface area (Å²) in [5.74, 6) is -0.844. The molecule has 0 aromatic carbocycles. The predicted octanol–water partition coefficient (Wildman–Crippen LogP) is 0.782. The van der Waals surface area contributed by atoms with Crippen LogP contribution in [0.5, 0.6) is 0 Å². The fraction of sp³-hybridized carbons (Fsp3) is 0.643. The van der Waals surface area contributed by atoms with Gasteiger partial charge in [-0.05, 0) is 20.3 Å². The van der Waals surface area contributed by atoms with Crippen molar-refractivity contribution in [2.45, 2.75) is 33.2 Å². The zero-order valence-electron chi connectivity index (χ0n) is 12.5. The zero-order valence-corrected chi connectivity index (χ0v) is 12.5. The third kappa shape index (κ3) is 3.24. The van der Waals surface area contributed by atoms with Crippen molar-refractivity contribution >= 4 is 11.9 Å². The highest BCUT2D eigenvalue weighted by Crippen LogP contribution is 2.20. The van der Waals surface area contributed by atoms with Gasteiger partial charge in [-0.25, -0.2) is 4.79 Å². The number of carbonyl (C=O) groups is 2. The lowest BCUT2D eigenvalue weighted by Crippen LogP contribution is -2.54. The Balaban J connectivity index is 2.09. The number of aryl methyl sites for hydroxylation is 2. The Morgan fingerprint density at radius 1 is 1.48 bits per heavy atom. The van der Waals surface area contributed by atoms with Crippen molar-refractivity contribution in [3.05, 3.63) is 17.0 Å². The summed E-state index contributed by atoms with van der Waals surface area (Å²) in [4.78, 5) is 25.1. The molecule has 0 aliphatic carbocycles. The summed E-state index contributed by atoms with van der Waals surface area (Å²) in [5, 5.41) is 13.1. The van der Waals surface area contributed by atoms with E-state index in [2.05, 4.69) is 5.16 Å². The SMILES string of the molecule is Cc1noc(C)c1C[C@H](C)C(=O)N1CCOC[C@@H]1C(=O)O. The Kier molecular flexibility index (Phi) is 4.62. The van der Waals surface area contributed by atoms with Crippen molar-refractivity contribution in [1.29, 1.82) is 0 Å². The van der Waals surface area contributed by atoms with Crippen molar-refractivity contribution < 1.29 is 24.0 Å². The minimum atomic E-state index is -1.03. The molecule has 2 heterocycles. The number of carbonyl (C=O) groups excluding carboxylic acids is 1. The van der Waals surface area contributed by atoms with Crippen molar-refractivity contribution in [2.24, 2.45) is 5.92 Å². The van der Waals surface area contributed by atoms with Gasteiger partial charge in [0.1, 0.15) is 5.76 Å². The van der Waals surface area contributed by atoms with Crippen molar-refractivity contribution in [3.8, 4) is 0 Å². The van der Waals surface area contributed by atoms with Gasteiger partial charge in [0.2, 0.25) is 5.91 Å². The maximum Gasteiger partial charge on any atom is 0.328 e. The van der Waals surface area contributed by atoms with Crippen LogP contribution < -0.4 is 0 Å². The molecule has 1 aliphatic rings. The number of nitrogens with zero attached hydrogens (tertiary/aromatic N) is 2. The molecule has 1 aromatic rings. The number of amides is 1. The second-order valence-corrected chi connectivity index (χ2v) is 5.37. The normalized spacial score (nSPS) is 20.3. The van der Waals surface area contributed by atoms with E-state index in [0.29, 0.717) is 25.3 Å². The molecule has 2 rings (SSSR count). The maximum atomic E-state index is 12.5. The first-order valence-electron chi connectivity index (χ1n) is 6.94. The minimum Gasteiger partial charge on any atom is -0.480 e. The number of morpholine rings is 1. The fourth-order valence-corrected chi connectivity index (χ4v) is 2.54. The summed E-state index contributed by atoms with van der Waals surface area (Å²) in [6.45, 7) is 6.15. The Morgan fingerprint density at radius 2 is 2.19 bits per heavy atom. The molecule has 1 fully saturated rings. The summed E-state index contributed by atoms with van der Waals surface area (Å²) in [7, 11) is 0. The molecule has 2 atom stereocenters. The van der Waals surface area contributed by atoms with E-state index in [0.717, 1.165) is 11.3 Å². The average Bonchev–Trinajstić information content (AvgIpc) is 2.78. The molecule has 1 saturated heterocycles. The molecule has 7 nitrogen and oxygen atoms in total. The number of ether oxygens (including phenoxy) is 1. The van der Waals surface area contributed by atoms with Crippen molar-refractivity contribution in [2.75, 3.05) is 19.8 Å². The van der Waals surface area contributed by atoms with Crippen molar-refractivity contribution in [1.82, 2.24) is 10.1 Å². The Hall–Kier alpha value is -1.89. The molecule has 1 aromatic heterocycles. The number of carboxylic acids is 1. The summed E-state index contributed by atoms with van der Waals surface area (Å²) in [5.41, 5.74) is 1.68. The van der Waals surface area contributed by atoms with Crippen LogP contribution in [0.4, 0.5) is 0 Å². The number of hydrogen-bond donors (Lipinski definition) is 1. The predicted molar refractivity (Wildman–Crippen MR) is 72.8 cm³/mol. The third-order valence-corrected chi connectivity index (χ3v) is 3.81. The molecular formula is C14H20N2O5. The summed E-state index contributed by atoms with van der Waals surface area (Å²) in [6.07, 6.45) is 0.490. The number of rotatable bonds is 4. The first-order chi connectivity index (χ1) is 9.91. The number of aromatic nitrogens is 1. The molecule has 0 unspecified atom stereocenters. The van der Waals surface area contributed by atoms with E-state index in [-0.39, 0.29) is 18.4 Å². The van der Waals surface area contributed by atoms with E-state index >= 15 is 0 Å². The molecule has 0 spiro atoms. The molecule has 1 amide bonds. The molecule has 7 heteroatoms. The zero-order chi connectivity index (χ0) is 15.6. The van der Waals surface area contributed by atoms with E-state index in [1.165, 1.54) is 4.90 Å². The highest BCUT2D eigenvalue weighted by Gasteiger charge is 2.35. The monoisotopic (exact) mass is 296 g/mol. The topological polar surface area (TPSA) is 92.9 Å². The highest BCUT2D eigenvalue weighted by atomic mass is 16.5. The summed E-state index contributed by atoms with van der Waals surface area (Å²) < 4.78 is 10.2. The largest absolute Gasteiger partial charge is 0.480 e. The number of hydrogen-bond acceptors (Lipinski definition) is 5. The van der Waals surface area contributed by atoms with Crippen LogP contribution in [0, 0.1) is 19.8 Å². The van der Waals surface area contributed by atoms with Gasteiger partial charge in [-0.15, -0.1) is 0 Å². The molecule has 0 bridgehead atoms. The second-order valence-electron chi connectivity index (χ2n) is 5.37. The van der Waals surface area contributed by atoms with Gasteiger partial charge in [-0.1, -0.05) is 12.1 Å². The van der Waals surface area contributed by atoms with Crippen LogP contribution in [-0.2, 0) is 20.7 Å². The van der Waals surface area contributed by atoms with Gasteiger partial charge in [0.25, 0.3) is 0 Å². The molecular weight excluding hydrogens is 276 g/mol. The lowest BCUT2D eigenvalue weighted by molar-refractivity contribution is -0.160. The van der Waals surface area contributed by atoms with E-state index in [9.17, 15) is 14.7 Å². The molecule has 116 valence electrons. The fourth-order valence-electron chi connectivity index (χ4n) is 2.54. The third-order valence-electron chi connectivity index (χ3n) is 3.81. The van der Waals surface area contributed by atoms with E-state index in [4.69, 9.17) is 9.26 Å². The summed E-state index contributed by atoms with van der Waals surface area (Å²) in [6, 6.07) is -0.904. The van der Waals surface area contributed by atoms with Gasteiger partial charge < -0.3 is 19.3 Å². The average molecular weight is 296 g/mol. The van der Waals surface area contributed by atoms with Crippen LogP contribution in [0.3, 0.4) is 0 Å². The van der Waals surface area contributed by atoms with Crippen LogP contribution in [0.15, 0.2) is 4.52 Å². The van der Waals surface area contributed by atoms with Crippen molar-refractivity contribution in [3.63, 3.8) is 0 Å². The van der Waals surface area contributed by atoms with E-state index < -0.39 is 12.0 Å². The Labute approximate surface area is 122 Å². The second kappa shape index (κ2) is 6.26. The molecule has 0 saturated carbocycles. The highest BCUT2D eigenvalue weighted by molar-refractivity contribution is 5.85. The number of aliphatic carboxylic acids is 1. The lowest BCUT2D eigenvalue weighted by Gasteiger charge is -2.34. The quantitative estimate of drug-likeness (QED) is 0.882. The van der Waals surface area contributed by atoms with Gasteiger partial charge in [0.15, 0.2) is 6.04 Å². The van der Waals surface area contributed by atoms with Gasteiger partial charge in [-0.2, -0.15) is 0 Å². The van der Waals surface area contributed by atoms with E-state index in [1.807, 2.05) is 6.92 Å². The summed E-state index contributed by atoms with van der Waals surface area (Å²) >= 11 is 0. The van der Waals surface area contributed by atoms with Gasteiger partial charge in [-0.3, -0.25) is 4.79 Å². The maximum absolute atomic E-state index is 12.5. The Morgan fingerprint density at radius 3 is 2.76 bits per heavy atom. The van der Waals surface area contributed by atoms with Crippen LogP contribution in [0.25, 0.3) is 0 Å². The standard InChI is InChI=1S/C14H20N2O5/c1-8(6-11-9(2)15-21-10(11)3)13(17)16-4-5-20-7-12(16)14(18)19/h8,12H,4-7H2,1-3H3,(H,18,19)/t8-,12+/m0/s1. The van der Waals surface area contributed by atoms with Crippen LogP contribution in [0.1, 0.15) is 23.9 Å². The molecule has 0 radical (unpaired) electrons. The molecule has 1 N–H and O–H groups in total. The van der Waals surface area contributed by atoms with Gasteiger partial charge in [0, 0.05) is 18.0 Å². The van der Waals surface area contributed by atoms with Crippen LogP contribution >= 0.6 is 0 Å². The smallest absolute Gasteiger partial charge is 0.328 e.